The monoisotopic (exact) mass is 292 g/mol. The van der Waals surface area contributed by atoms with Crippen LogP contribution in [-0.4, -0.2) is 25.1 Å². The van der Waals surface area contributed by atoms with Crippen molar-refractivity contribution in [3.63, 3.8) is 0 Å². The van der Waals surface area contributed by atoms with Crippen LogP contribution in [0.1, 0.15) is 5.56 Å². The van der Waals surface area contributed by atoms with Crippen LogP contribution < -0.4 is 10.9 Å². The van der Waals surface area contributed by atoms with Crippen molar-refractivity contribution in [2.24, 2.45) is 0 Å². The van der Waals surface area contributed by atoms with Gasteiger partial charge in [-0.1, -0.05) is 18.2 Å². The topological polar surface area (TPSA) is 99.3 Å². The van der Waals surface area contributed by atoms with Gasteiger partial charge in [-0.2, -0.15) is 5.10 Å². The Labute approximate surface area is 124 Å². The van der Waals surface area contributed by atoms with Crippen molar-refractivity contribution < 1.29 is 0 Å². The first-order valence-electron chi connectivity index (χ1n) is 6.80. The number of pyridine rings is 1. The quantitative estimate of drug-likeness (QED) is 0.535. The lowest BCUT2D eigenvalue weighted by atomic mass is 10.1. The predicted octanol–water partition coefficient (Wildman–Crippen LogP) is 1.81. The van der Waals surface area contributed by atoms with Gasteiger partial charge >= 0.3 is 0 Å². The summed E-state index contributed by atoms with van der Waals surface area (Å²) in [5.41, 5.74) is 2.29. The van der Waals surface area contributed by atoms with E-state index in [1.165, 1.54) is 6.33 Å². The van der Waals surface area contributed by atoms with Crippen LogP contribution >= 0.6 is 0 Å². The summed E-state index contributed by atoms with van der Waals surface area (Å²) in [4.78, 5) is 22.9. The number of H-pyrrole nitrogens is 2. The maximum Gasteiger partial charge on any atom is 0.248 e. The molecule has 1 aromatic carbocycles. The molecule has 0 aliphatic carbocycles. The maximum absolute atomic E-state index is 11.8. The Morgan fingerprint density at radius 3 is 3.00 bits per heavy atom. The lowest BCUT2D eigenvalue weighted by molar-refractivity contribution is 1.08. The van der Waals surface area contributed by atoms with Crippen LogP contribution in [-0.2, 0) is 6.54 Å². The lowest BCUT2D eigenvalue weighted by Gasteiger charge is -2.08. The molecule has 0 spiro atoms. The molecule has 108 valence electrons. The fourth-order valence-electron chi connectivity index (χ4n) is 2.51. The largest absolute Gasteiger partial charge is 0.365 e. The van der Waals surface area contributed by atoms with E-state index in [2.05, 4.69) is 30.5 Å². The van der Waals surface area contributed by atoms with Crippen molar-refractivity contribution in [3.8, 4) is 0 Å². The number of nitrogens with one attached hydrogen (secondary N) is 3. The Morgan fingerprint density at radius 2 is 2.05 bits per heavy atom. The molecule has 7 heteroatoms. The molecule has 4 aromatic rings. The third-order valence-electron chi connectivity index (χ3n) is 3.53. The van der Waals surface area contributed by atoms with E-state index in [0.717, 1.165) is 21.9 Å². The highest BCUT2D eigenvalue weighted by Crippen LogP contribution is 2.19. The number of fused-ring (bicyclic) bond motifs is 2. The highest BCUT2D eigenvalue weighted by atomic mass is 16.1. The third-order valence-corrected chi connectivity index (χ3v) is 3.53. The summed E-state index contributed by atoms with van der Waals surface area (Å²) in [7, 11) is 0. The number of benzene rings is 1. The van der Waals surface area contributed by atoms with Gasteiger partial charge in [0.2, 0.25) is 5.56 Å². The van der Waals surface area contributed by atoms with E-state index >= 15 is 0 Å². The molecule has 0 aliphatic heterocycles. The molecule has 0 radical (unpaired) electrons. The first kappa shape index (κ1) is 12.5. The number of nitrogens with zero attached hydrogens (tertiary/aromatic N) is 3. The number of hydrogen-bond donors (Lipinski definition) is 3. The molecule has 3 aromatic heterocycles. The molecule has 0 amide bonds. The molecule has 0 saturated carbocycles. The summed E-state index contributed by atoms with van der Waals surface area (Å²) < 4.78 is 0. The van der Waals surface area contributed by atoms with E-state index in [1.54, 1.807) is 12.3 Å². The average molecular weight is 292 g/mol. The molecule has 22 heavy (non-hydrogen) atoms. The molecular formula is C15H12N6O. The van der Waals surface area contributed by atoms with Crippen LogP contribution in [0.3, 0.4) is 0 Å². The zero-order valence-electron chi connectivity index (χ0n) is 11.5. The van der Waals surface area contributed by atoms with Crippen molar-refractivity contribution in [3.05, 3.63) is 58.8 Å². The number of hydrogen-bond acceptors (Lipinski definition) is 5. The highest BCUT2D eigenvalue weighted by Gasteiger charge is 2.07. The van der Waals surface area contributed by atoms with Crippen LogP contribution in [0.25, 0.3) is 21.9 Å². The summed E-state index contributed by atoms with van der Waals surface area (Å²) >= 11 is 0. The smallest absolute Gasteiger partial charge is 0.248 e. The van der Waals surface area contributed by atoms with Crippen LogP contribution in [0.15, 0.2) is 47.7 Å². The number of para-hydroxylation sites is 1. The third kappa shape index (κ3) is 2.08. The van der Waals surface area contributed by atoms with Gasteiger partial charge < -0.3 is 10.3 Å². The zero-order valence-corrected chi connectivity index (χ0v) is 11.5. The van der Waals surface area contributed by atoms with E-state index in [-0.39, 0.29) is 5.56 Å². The minimum absolute atomic E-state index is 0.119. The second-order valence-electron chi connectivity index (χ2n) is 4.91. The normalized spacial score (nSPS) is 11.1. The van der Waals surface area contributed by atoms with Crippen molar-refractivity contribution in [1.82, 2.24) is 25.1 Å². The fourth-order valence-corrected chi connectivity index (χ4v) is 2.51. The molecule has 0 bridgehead atoms. The van der Waals surface area contributed by atoms with E-state index in [1.807, 2.05) is 24.3 Å². The van der Waals surface area contributed by atoms with Crippen molar-refractivity contribution in [1.29, 1.82) is 0 Å². The summed E-state index contributed by atoms with van der Waals surface area (Å²) in [5.74, 6) is 0.683. The zero-order chi connectivity index (χ0) is 14.9. The molecule has 7 nitrogen and oxygen atoms in total. The standard InChI is InChI=1S/C15H12N6O/c22-13-5-9(10-3-1-2-4-12(10)20-13)6-16-14-11-7-19-21-15(11)18-8-17-14/h1-5,7-8H,6H2,(H,20,22)(H2,16,17,18,19,21). The van der Waals surface area contributed by atoms with Crippen molar-refractivity contribution in [2.45, 2.75) is 6.54 Å². The van der Waals surface area contributed by atoms with Crippen LogP contribution in [0.5, 0.6) is 0 Å². The van der Waals surface area contributed by atoms with E-state index < -0.39 is 0 Å². The van der Waals surface area contributed by atoms with Gasteiger partial charge in [-0.3, -0.25) is 9.89 Å². The summed E-state index contributed by atoms with van der Waals surface area (Å²) in [5, 5.41) is 11.8. The Kier molecular flexibility index (Phi) is 2.82. The first-order chi connectivity index (χ1) is 10.8. The molecule has 0 atom stereocenters. The second-order valence-corrected chi connectivity index (χ2v) is 4.91. The summed E-state index contributed by atoms with van der Waals surface area (Å²) in [6.07, 6.45) is 3.15. The molecule has 0 unspecified atom stereocenters. The van der Waals surface area contributed by atoms with Gasteiger partial charge in [-0.25, -0.2) is 9.97 Å². The lowest BCUT2D eigenvalue weighted by Crippen LogP contribution is -2.10. The van der Waals surface area contributed by atoms with Gasteiger partial charge in [-0.05, 0) is 11.6 Å². The Balaban J connectivity index is 1.72. The number of aromatic nitrogens is 5. The molecule has 4 rings (SSSR count). The van der Waals surface area contributed by atoms with Crippen molar-refractivity contribution >= 4 is 27.8 Å². The first-order valence-corrected chi connectivity index (χ1v) is 6.80. The van der Waals surface area contributed by atoms with Crippen molar-refractivity contribution in [2.75, 3.05) is 5.32 Å². The van der Waals surface area contributed by atoms with Gasteiger partial charge in [0, 0.05) is 23.5 Å². The van der Waals surface area contributed by atoms with Gasteiger partial charge in [0.05, 0.1) is 11.6 Å². The molecule has 3 heterocycles. The number of aromatic amines is 2. The maximum atomic E-state index is 11.8. The van der Waals surface area contributed by atoms with Gasteiger partial charge in [0.25, 0.3) is 0 Å². The number of rotatable bonds is 3. The van der Waals surface area contributed by atoms with E-state index in [0.29, 0.717) is 18.0 Å². The van der Waals surface area contributed by atoms with Gasteiger partial charge in [0.1, 0.15) is 12.1 Å². The molecular weight excluding hydrogens is 280 g/mol. The minimum atomic E-state index is -0.119. The highest BCUT2D eigenvalue weighted by molar-refractivity contribution is 5.86. The summed E-state index contributed by atoms with van der Waals surface area (Å²) in [6, 6.07) is 9.32. The van der Waals surface area contributed by atoms with Gasteiger partial charge in [-0.15, -0.1) is 0 Å². The van der Waals surface area contributed by atoms with E-state index in [4.69, 9.17) is 0 Å². The predicted molar refractivity (Wildman–Crippen MR) is 83.6 cm³/mol. The molecule has 3 N–H and O–H groups in total. The molecule has 0 aliphatic rings. The minimum Gasteiger partial charge on any atom is -0.365 e. The Morgan fingerprint density at radius 1 is 1.14 bits per heavy atom. The Bertz CT molecular complexity index is 1020. The number of anilines is 1. The SMILES string of the molecule is O=c1cc(CNc2ncnc3[nH]ncc23)c2ccccc2[nH]1. The Hall–Kier alpha value is -3.22. The van der Waals surface area contributed by atoms with Crippen LogP contribution in [0, 0.1) is 0 Å². The average Bonchev–Trinajstić information content (AvgIpc) is 3.01. The van der Waals surface area contributed by atoms with Crippen LogP contribution in [0.4, 0.5) is 5.82 Å². The van der Waals surface area contributed by atoms with Crippen LogP contribution in [0.2, 0.25) is 0 Å². The summed E-state index contributed by atoms with van der Waals surface area (Å²) in [6.45, 7) is 0.488. The molecule has 0 saturated heterocycles. The molecule has 0 fully saturated rings. The van der Waals surface area contributed by atoms with E-state index in [9.17, 15) is 4.79 Å². The second kappa shape index (κ2) is 4.96. The fraction of sp³-hybridized carbons (Fsp3) is 0.0667. The van der Waals surface area contributed by atoms with Gasteiger partial charge in [0.15, 0.2) is 5.65 Å².